The summed E-state index contributed by atoms with van der Waals surface area (Å²) in [5.41, 5.74) is 3.97. The third-order valence-electron chi connectivity index (χ3n) is 4.04. The van der Waals surface area contributed by atoms with E-state index in [-0.39, 0.29) is 6.61 Å². The van der Waals surface area contributed by atoms with Crippen LogP contribution in [0.3, 0.4) is 0 Å². The van der Waals surface area contributed by atoms with Crippen LogP contribution in [0.25, 0.3) is 10.9 Å². The van der Waals surface area contributed by atoms with Gasteiger partial charge in [-0.25, -0.2) is 0 Å². The second-order valence-corrected chi connectivity index (χ2v) is 5.15. The van der Waals surface area contributed by atoms with E-state index >= 15 is 0 Å². The van der Waals surface area contributed by atoms with Crippen molar-refractivity contribution in [2.75, 3.05) is 6.61 Å². The summed E-state index contributed by atoms with van der Waals surface area (Å²) in [4.78, 5) is 0. The van der Waals surface area contributed by atoms with Crippen LogP contribution in [-0.4, -0.2) is 22.3 Å². The maximum absolute atomic E-state index is 9.04. The van der Waals surface area contributed by atoms with E-state index in [2.05, 4.69) is 55.0 Å². The summed E-state index contributed by atoms with van der Waals surface area (Å²) in [5, 5.41) is 13.9. The van der Waals surface area contributed by atoms with Gasteiger partial charge in [0.25, 0.3) is 0 Å². The first-order valence-electron chi connectivity index (χ1n) is 7.06. The number of para-hydroxylation sites is 1. The molecule has 1 aromatic carbocycles. The Labute approximate surface area is 115 Å². The number of rotatable bonds is 6. The smallest absolute Gasteiger partial charge is 0.0483 e. The molecule has 2 rings (SSSR count). The molecule has 2 aromatic rings. The molecule has 3 heteroatoms. The van der Waals surface area contributed by atoms with E-state index in [4.69, 9.17) is 5.11 Å². The molecule has 3 nitrogen and oxygen atoms in total. The Kier molecular flexibility index (Phi) is 4.61. The molecule has 0 spiro atoms. The molecule has 0 bridgehead atoms. The third-order valence-corrected chi connectivity index (χ3v) is 4.04. The lowest BCUT2D eigenvalue weighted by Crippen LogP contribution is -2.29. The average Bonchev–Trinajstić information content (AvgIpc) is 2.68. The zero-order chi connectivity index (χ0) is 13.8. The standard InChI is InChI=1S/C16H24N2O/c1-4-13(9-10-19)17-11-16-12(2)14-7-5-6-8-15(14)18(16)3/h5-8,13,17,19H,4,9-11H2,1-3H3. The van der Waals surface area contributed by atoms with Gasteiger partial charge in [-0.2, -0.15) is 0 Å². The molecular weight excluding hydrogens is 236 g/mol. The highest BCUT2D eigenvalue weighted by Gasteiger charge is 2.12. The van der Waals surface area contributed by atoms with E-state index in [0.717, 1.165) is 19.4 Å². The van der Waals surface area contributed by atoms with Gasteiger partial charge < -0.3 is 15.0 Å². The van der Waals surface area contributed by atoms with Crippen LogP contribution in [0.1, 0.15) is 31.0 Å². The van der Waals surface area contributed by atoms with Crippen LogP contribution in [0, 0.1) is 6.92 Å². The summed E-state index contributed by atoms with van der Waals surface area (Å²) in [7, 11) is 2.12. The molecule has 0 aliphatic heterocycles. The minimum atomic E-state index is 0.250. The highest BCUT2D eigenvalue weighted by molar-refractivity contribution is 5.85. The zero-order valence-electron chi connectivity index (χ0n) is 12.1. The first-order chi connectivity index (χ1) is 9.19. The van der Waals surface area contributed by atoms with Crippen LogP contribution in [0.15, 0.2) is 24.3 Å². The summed E-state index contributed by atoms with van der Waals surface area (Å²) in [6.45, 7) is 5.45. The van der Waals surface area contributed by atoms with E-state index in [1.54, 1.807) is 0 Å². The van der Waals surface area contributed by atoms with Crippen molar-refractivity contribution in [1.82, 2.24) is 9.88 Å². The first kappa shape index (κ1) is 14.1. The Morgan fingerprint density at radius 2 is 2.05 bits per heavy atom. The van der Waals surface area contributed by atoms with Gasteiger partial charge in [-0.1, -0.05) is 25.1 Å². The molecule has 0 radical (unpaired) electrons. The summed E-state index contributed by atoms with van der Waals surface area (Å²) in [6.07, 6.45) is 1.86. The summed E-state index contributed by atoms with van der Waals surface area (Å²) >= 11 is 0. The quantitative estimate of drug-likeness (QED) is 0.838. The summed E-state index contributed by atoms with van der Waals surface area (Å²) in [6, 6.07) is 8.91. The fourth-order valence-corrected chi connectivity index (χ4v) is 2.73. The number of fused-ring (bicyclic) bond motifs is 1. The van der Waals surface area contributed by atoms with Crippen molar-refractivity contribution in [3.8, 4) is 0 Å². The number of hydrogen-bond acceptors (Lipinski definition) is 2. The predicted octanol–water partition coefficient (Wildman–Crippen LogP) is 2.74. The molecule has 2 N–H and O–H groups in total. The predicted molar refractivity (Wildman–Crippen MR) is 80.3 cm³/mol. The molecule has 0 aliphatic carbocycles. The molecule has 1 unspecified atom stereocenters. The number of hydrogen-bond donors (Lipinski definition) is 2. The molecule has 0 fully saturated rings. The Morgan fingerprint density at radius 1 is 1.32 bits per heavy atom. The molecule has 1 aromatic heterocycles. The van der Waals surface area contributed by atoms with Crippen LogP contribution in [-0.2, 0) is 13.6 Å². The Morgan fingerprint density at radius 3 is 2.68 bits per heavy atom. The van der Waals surface area contributed by atoms with Crippen molar-refractivity contribution in [1.29, 1.82) is 0 Å². The number of aliphatic hydroxyl groups excluding tert-OH is 1. The minimum absolute atomic E-state index is 0.250. The van der Waals surface area contributed by atoms with Gasteiger partial charge in [-0.05, 0) is 31.4 Å². The monoisotopic (exact) mass is 260 g/mol. The van der Waals surface area contributed by atoms with Gasteiger partial charge in [0.2, 0.25) is 0 Å². The van der Waals surface area contributed by atoms with E-state index < -0.39 is 0 Å². The van der Waals surface area contributed by atoms with Crippen molar-refractivity contribution in [2.24, 2.45) is 7.05 Å². The zero-order valence-corrected chi connectivity index (χ0v) is 12.1. The molecular formula is C16H24N2O. The Balaban J connectivity index is 2.21. The fourth-order valence-electron chi connectivity index (χ4n) is 2.73. The number of nitrogens with zero attached hydrogens (tertiary/aromatic N) is 1. The van der Waals surface area contributed by atoms with Crippen molar-refractivity contribution >= 4 is 10.9 Å². The van der Waals surface area contributed by atoms with Gasteiger partial charge in [-0.15, -0.1) is 0 Å². The van der Waals surface area contributed by atoms with Gasteiger partial charge in [0, 0.05) is 42.8 Å². The maximum atomic E-state index is 9.04. The molecule has 0 aliphatic rings. The number of aromatic nitrogens is 1. The average molecular weight is 260 g/mol. The molecule has 0 saturated heterocycles. The number of benzene rings is 1. The molecule has 19 heavy (non-hydrogen) atoms. The second-order valence-electron chi connectivity index (χ2n) is 5.15. The molecule has 104 valence electrons. The number of nitrogens with one attached hydrogen (secondary N) is 1. The SMILES string of the molecule is CCC(CCO)NCc1c(C)c2ccccc2n1C. The first-order valence-corrected chi connectivity index (χ1v) is 7.06. The van der Waals surface area contributed by atoms with Gasteiger partial charge in [0.05, 0.1) is 0 Å². The number of aliphatic hydroxyl groups is 1. The van der Waals surface area contributed by atoms with E-state index in [0.29, 0.717) is 6.04 Å². The minimum Gasteiger partial charge on any atom is -0.396 e. The summed E-state index contributed by atoms with van der Waals surface area (Å²) < 4.78 is 2.27. The number of aryl methyl sites for hydroxylation is 2. The van der Waals surface area contributed by atoms with E-state index in [1.165, 1.54) is 22.2 Å². The van der Waals surface area contributed by atoms with Crippen molar-refractivity contribution < 1.29 is 5.11 Å². The second kappa shape index (κ2) is 6.22. The summed E-state index contributed by atoms with van der Waals surface area (Å²) in [5.74, 6) is 0. The fraction of sp³-hybridized carbons (Fsp3) is 0.500. The van der Waals surface area contributed by atoms with Crippen molar-refractivity contribution in [2.45, 2.75) is 39.3 Å². The molecule has 0 amide bonds. The third kappa shape index (κ3) is 2.82. The van der Waals surface area contributed by atoms with Crippen LogP contribution >= 0.6 is 0 Å². The lowest BCUT2D eigenvalue weighted by Gasteiger charge is -2.16. The topological polar surface area (TPSA) is 37.2 Å². The Hall–Kier alpha value is -1.32. The van der Waals surface area contributed by atoms with E-state index in [1.807, 2.05) is 0 Å². The highest BCUT2D eigenvalue weighted by Crippen LogP contribution is 2.24. The normalized spacial score (nSPS) is 13.1. The maximum Gasteiger partial charge on any atom is 0.0483 e. The van der Waals surface area contributed by atoms with Crippen molar-refractivity contribution in [3.63, 3.8) is 0 Å². The molecule has 0 saturated carbocycles. The Bertz CT molecular complexity index is 506. The lowest BCUT2D eigenvalue weighted by molar-refractivity contribution is 0.261. The van der Waals surface area contributed by atoms with E-state index in [9.17, 15) is 0 Å². The highest BCUT2D eigenvalue weighted by atomic mass is 16.3. The lowest BCUT2D eigenvalue weighted by atomic mass is 10.1. The molecule has 1 heterocycles. The van der Waals surface area contributed by atoms with Crippen molar-refractivity contribution in [3.05, 3.63) is 35.5 Å². The van der Waals surface area contributed by atoms with Gasteiger partial charge in [-0.3, -0.25) is 0 Å². The van der Waals surface area contributed by atoms with Gasteiger partial charge >= 0.3 is 0 Å². The molecule has 1 atom stereocenters. The van der Waals surface area contributed by atoms with Crippen LogP contribution in [0.2, 0.25) is 0 Å². The van der Waals surface area contributed by atoms with Crippen LogP contribution in [0.5, 0.6) is 0 Å². The largest absolute Gasteiger partial charge is 0.396 e. The van der Waals surface area contributed by atoms with Gasteiger partial charge in [0.15, 0.2) is 0 Å². The van der Waals surface area contributed by atoms with Gasteiger partial charge in [0.1, 0.15) is 0 Å². The van der Waals surface area contributed by atoms with Crippen LogP contribution < -0.4 is 5.32 Å². The van der Waals surface area contributed by atoms with Crippen LogP contribution in [0.4, 0.5) is 0 Å².